The van der Waals surface area contributed by atoms with E-state index >= 15 is 0 Å². The number of carbonyl (C=O) groups is 1. The molecule has 6 nitrogen and oxygen atoms in total. The lowest BCUT2D eigenvalue weighted by molar-refractivity contribution is 0.0945. The molecule has 0 saturated carbocycles. The second-order valence-electron chi connectivity index (χ2n) is 5.66. The Kier molecular flexibility index (Phi) is 5.31. The Morgan fingerprint density at radius 3 is 2.48 bits per heavy atom. The van der Waals surface area contributed by atoms with E-state index in [1.165, 1.54) is 5.56 Å². The van der Waals surface area contributed by atoms with Crippen LogP contribution in [0.25, 0.3) is 0 Å². The van der Waals surface area contributed by atoms with Crippen LogP contribution in [0.2, 0.25) is 0 Å². The number of anilines is 1. The van der Waals surface area contributed by atoms with E-state index in [0.29, 0.717) is 18.1 Å². The fourth-order valence-electron chi connectivity index (χ4n) is 2.36. The van der Waals surface area contributed by atoms with Crippen LogP contribution in [-0.4, -0.2) is 28.1 Å². The zero-order chi connectivity index (χ0) is 17.5. The van der Waals surface area contributed by atoms with Crippen molar-refractivity contribution in [2.24, 2.45) is 0 Å². The first-order valence-electron chi connectivity index (χ1n) is 7.98. The van der Waals surface area contributed by atoms with Gasteiger partial charge in [-0.15, -0.1) is 10.2 Å². The summed E-state index contributed by atoms with van der Waals surface area (Å²) in [6.07, 6.45) is 3.41. The summed E-state index contributed by atoms with van der Waals surface area (Å²) >= 11 is 0. The molecule has 126 valence electrons. The quantitative estimate of drug-likeness (QED) is 0.750. The average molecular weight is 333 g/mol. The molecule has 0 radical (unpaired) electrons. The topological polar surface area (TPSA) is 71.0 Å². The Morgan fingerprint density at radius 1 is 1.00 bits per heavy atom. The Hall–Kier alpha value is -3.28. The maximum absolute atomic E-state index is 12.1. The van der Waals surface area contributed by atoms with Crippen molar-refractivity contribution >= 4 is 11.7 Å². The predicted octanol–water partition coefficient (Wildman–Crippen LogP) is 2.44. The van der Waals surface area contributed by atoms with Crippen LogP contribution in [0.3, 0.4) is 0 Å². The summed E-state index contributed by atoms with van der Waals surface area (Å²) in [5, 5.41) is 11.0. The molecule has 0 spiro atoms. The fraction of sp³-hybridized carbons (Fsp3) is 0.158. The van der Waals surface area contributed by atoms with E-state index < -0.39 is 0 Å². The first kappa shape index (κ1) is 16.6. The van der Waals surface area contributed by atoms with Crippen molar-refractivity contribution in [3.8, 4) is 0 Å². The van der Waals surface area contributed by atoms with E-state index in [9.17, 15) is 4.79 Å². The summed E-state index contributed by atoms with van der Waals surface area (Å²) in [6.45, 7) is 1.13. The third-order valence-electron chi connectivity index (χ3n) is 3.71. The molecule has 0 unspecified atom stereocenters. The minimum absolute atomic E-state index is 0.256. The SMILES string of the molecule is CN(Cc1ccccc1)c1ccc(C(=O)NCc2cccnc2)nn1. The van der Waals surface area contributed by atoms with Gasteiger partial charge in [-0.05, 0) is 29.3 Å². The Labute approximate surface area is 146 Å². The highest BCUT2D eigenvalue weighted by Gasteiger charge is 2.10. The van der Waals surface area contributed by atoms with Crippen molar-refractivity contribution in [1.82, 2.24) is 20.5 Å². The van der Waals surface area contributed by atoms with Crippen molar-refractivity contribution < 1.29 is 4.79 Å². The number of hydrogen-bond donors (Lipinski definition) is 1. The smallest absolute Gasteiger partial charge is 0.272 e. The number of nitrogens with one attached hydrogen (secondary N) is 1. The summed E-state index contributed by atoms with van der Waals surface area (Å²) in [4.78, 5) is 18.1. The summed E-state index contributed by atoms with van der Waals surface area (Å²) in [5.74, 6) is 0.460. The minimum atomic E-state index is -0.256. The molecular weight excluding hydrogens is 314 g/mol. The fourth-order valence-corrected chi connectivity index (χ4v) is 2.36. The van der Waals surface area contributed by atoms with E-state index in [0.717, 1.165) is 12.1 Å². The van der Waals surface area contributed by atoms with Gasteiger partial charge < -0.3 is 10.2 Å². The van der Waals surface area contributed by atoms with Crippen LogP contribution >= 0.6 is 0 Å². The number of hydrogen-bond acceptors (Lipinski definition) is 5. The first-order valence-corrected chi connectivity index (χ1v) is 7.98. The lowest BCUT2D eigenvalue weighted by atomic mass is 10.2. The van der Waals surface area contributed by atoms with Crippen LogP contribution in [-0.2, 0) is 13.1 Å². The molecule has 1 N–H and O–H groups in total. The highest BCUT2D eigenvalue weighted by atomic mass is 16.1. The summed E-state index contributed by atoms with van der Waals surface area (Å²) in [5.41, 5.74) is 2.41. The van der Waals surface area contributed by atoms with Gasteiger partial charge in [0.2, 0.25) is 0 Å². The minimum Gasteiger partial charge on any atom is -0.354 e. The van der Waals surface area contributed by atoms with Crippen LogP contribution in [0.15, 0.2) is 67.0 Å². The summed E-state index contributed by atoms with van der Waals surface area (Å²) < 4.78 is 0. The summed E-state index contributed by atoms with van der Waals surface area (Å²) in [7, 11) is 1.94. The van der Waals surface area contributed by atoms with Gasteiger partial charge in [0.05, 0.1) is 0 Å². The van der Waals surface area contributed by atoms with Gasteiger partial charge in [0, 0.05) is 32.5 Å². The maximum atomic E-state index is 12.1. The largest absolute Gasteiger partial charge is 0.354 e. The molecule has 3 aromatic rings. The molecule has 6 heteroatoms. The molecule has 3 rings (SSSR count). The lowest BCUT2D eigenvalue weighted by Crippen LogP contribution is -2.25. The Bertz CT molecular complexity index is 806. The second kappa shape index (κ2) is 8.01. The van der Waals surface area contributed by atoms with Crippen molar-refractivity contribution in [1.29, 1.82) is 0 Å². The molecule has 0 aliphatic carbocycles. The van der Waals surface area contributed by atoms with Gasteiger partial charge in [-0.3, -0.25) is 9.78 Å². The van der Waals surface area contributed by atoms with E-state index in [-0.39, 0.29) is 5.91 Å². The van der Waals surface area contributed by atoms with Gasteiger partial charge >= 0.3 is 0 Å². The molecule has 0 bridgehead atoms. The van der Waals surface area contributed by atoms with Crippen molar-refractivity contribution in [2.45, 2.75) is 13.1 Å². The first-order chi connectivity index (χ1) is 12.2. The predicted molar refractivity (Wildman–Crippen MR) is 96.0 cm³/mol. The standard InChI is InChI=1S/C19H19N5O/c1-24(14-15-6-3-2-4-7-15)18-10-9-17(22-23-18)19(25)21-13-16-8-5-11-20-12-16/h2-12H,13-14H2,1H3,(H,21,25). The van der Waals surface area contributed by atoms with Gasteiger partial charge in [-0.2, -0.15) is 0 Å². The molecule has 25 heavy (non-hydrogen) atoms. The van der Waals surface area contributed by atoms with Gasteiger partial charge in [-0.1, -0.05) is 36.4 Å². The van der Waals surface area contributed by atoms with E-state index in [1.807, 2.05) is 42.3 Å². The molecule has 0 fully saturated rings. The highest BCUT2D eigenvalue weighted by molar-refractivity contribution is 5.92. The van der Waals surface area contributed by atoms with Crippen molar-refractivity contribution in [3.05, 3.63) is 83.8 Å². The van der Waals surface area contributed by atoms with Crippen molar-refractivity contribution in [2.75, 3.05) is 11.9 Å². The molecular formula is C19H19N5O. The van der Waals surface area contributed by atoms with Crippen LogP contribution in [0.4, 0.5) is 5.82 Å². The number of pyridine rings is 1. The molecule has 2 heterocycles. The van der Waals surface area contributed by atoms with E-state index in [1.54, 1.807) is 24.5 Å². The van der Waals surface area contributed by atoms with Crippen LogP contribution in [0.1, 0.15) is 21.6 Å². The highest BCUT2D eigenvalue weighted by Crippen LogP contribution is 2.12. The van der Waals surface area contributed by atoms with Crippen molar-refractivity contribution in [3.63, 3.8) is 0 Å². The zero-order valence-electron chi connectivity index (χ0n) is 14.0. The Balaban J connectivity index is 1.58. The molecule has 0 aliphatic heterocycles. The normalized spacial score (nSPS) is 10.3. The van der Waals surface area contributed by atoms with E-state index in [4.69, 9.17) is 0 Å². The number of nitrogens with zero attached hydrogens (tertiary/aromatic N) is 4. The molecule has 1 aromatic carbocycles. The third-order valence-corrected chi connectivity index (χ3v) is 3.71. The van der Waals surface area contributed by atoms with Gasteiger partial charge in [0.15, 0.2) is 11.5 Å². The Morgan fingerprint density at radius 2 is 1.80 bits per heavy atom. The van der Waals surface area contributed by atoms with Crippen LogP contribution < -0.4 is 10.2 Å². The van der Waals surface area contributed by atoms with Gasteiger partial charge in [0.25, 0.3) is 5.91 Å². The lowest BCUT2D eigenvalue weighted by Gasteiger charge is -2.17. The molecule has 1 amide bonds. The van der Waals surface area contributed by atoms with Crippen LogP contribution in [0, 0.1) is 0 Å². The average Bonchev–Trinajstić information content (AvgIpc) is 2.68. The number of benzene rings is 1. The summed E-state index contributed by atoms with van der Waals surface area (Å²) in [6, 6.07) is 17.3. The number of carbonyl (C=O) groups excluding carboxylic acids is 1. The maximum Gasteiger partial charge on any atom is 0.272 e. The molecule has 0 atom stereocenters. The van der Waals surface area contributed by atoms with Crippen LogP contribution in [0.5, 0.6) is 0 Å². The van der Waals surface area contributed by atoms with Gasteiger partial charge in [0.1, 0.15) is 0 Å². The number of amides is 1. The monoisotopic (exact) mass is 333 g/mol. The number of aromatic nitrogens is 3. The van der Waals surface area contributed by atoms with Gasteiger partial charge in [-0.25, -0.2) is 0 Å². The number of rotatable bonds is 6. The molecule has 2 aromatic heterocycles. The third kappa shape index (κ3) is 4.60. The molecule has 0 aliphatic rings. The zero-order valence-corrected chi connectivity index (χ0v) is 14.0. The molecule has 0 saturated heterocycles. The van der Waals surface area contributed by atoms with E-state index in [2.05, 4.69) is 32.6 Å². The second-order valence-corrected chi connectivity index (χ2v) is 5.66.